The first-order chi connectivity index (χ1) is 31.8. The van der Waals surface area contributed by atoms with Gasteiger partial charge in [0.1, 0.15) is 23.8 Å². The van der Waals surface area contributed by atoms with Crippen LogP contribution in [-0.4, -0.2) is 77.6 Å². The largest absolute Gasteiger partial charge is 0.467 e. The molecule has 0 saturated carbocycles. The molecule has 4 aromatic heterocycles. The number of anilines is 2. The molecule has 8 rings (SSSR count). The maximum atomic E-state index is 14.5. The number of piperidine rings is 2. The maximum absolute atomic E-state index is 14.5. The molecule has 2 aliphatic heterocycles. The molecule has 2 aliphatic rings. The lowest BCUT2D eigenvalue weighted by Gasteiger charge is -2.22. The number of nitrogens with one attached hydrogen (secondary N) is 4. The van der Waals surface area contributed by atoms with E-state index in [0.29, 0.717) is 22.5 Å². The van der Waals surface area contributed by atoms with Crippen LogP contribution in [0.4, 0.5) is 20.4 Å². The second kappa shape index (κ2) is 20.7. The topological polar surface area (TPSA) is 206 Å². The van der Waals surface area contributed by atoms with Crippen molar-refractivity contribution < 1.29 is 37.5 Å². The molecule has 2 aromatic carbocycles. The highest BCUT2D eigenvalue weighted by molar-refractivity contribution is 6.36. The monoisotopic (exact) mass is 986 g/mol. The van der Waals surface area contributed by atoms with Gasteiger partial charge in [-0.2, -0.15) is 21.2 Å². The third kappa shape index (κ3) is 10.5. The highest BCUT2D eigenvalue weighted by atomic mass is 35.5. The summed E-state index contributed by atoms with van der Waals surface area (Å²) in [6.45, 7) is 6.52. The number of halogens is 6. The van der Waals surface area contributed by atoms with E-state index < -0.39 is 35.8 Å². The lowest BCUT2D eigenvalue weighted by atomic mass is 10.1. The first-order valence-electron chi connectivity index (χ1n) is 20.6. The molecule has 66 heavy (non-hydrogen) atoms. The summed E-state index contributed by atoms with van der Waals surface area (Å²) >= 11 is 25.3. The molecule has 2 fully saturated rings. The van der Waals surface area contributed by atoms with Crippen LogP contribution < -0.4 is 31.1 Å². The summed E-state index contributed by atoms with van der Waals surface area (Å²) in [5.74, 6) is -5.59. The van der Waals surface area contributed by atoms with Crippen molar-refractivity contribution in [3.8, 4) is 34.3 Å². The van der Waals surface area contributed by atoms with Crippen molar-refractivity contribution in [3.63, 3.8) is 0 Å². The van der Waals surface area contributed by atoms with Crippen molar-refractivity contribution >= 4 is 70.0 Å². The minimum atomic E-state index is -1.56. The first-order valence-corrected chi connectivity index (χ1v) is 22.1. The van der Waals surface area contributed by atoms with Gasteiger partial charge in [-0.05, 0) is 90.0 Å². The minimum absolute atomic E-state index is 0.116. The Bertz CT molecular complexity index is 2550. The van der Waals surface area contributed by atoms with Crippen LogP contribution in [0.15, 0.2) is 61.4 Å². The van der Waals surface area contributed by atoms with Crippen molar-refractivity contribution in [1.29, 1.82) is 0 Å². The molecule has 0 aliphatic carbocycles. The van der Waals surface area contributed by atoms with Gasteiger partial charge in [0.2, 0.25) is 11.6 Å². The quantitative estimate of drug-likeness (QED) is 0.0459. The van der Waals surface area contributed by atoms with Crippen LogP contribution in [0.2, 0.25) is 20.1 Å². The van der Waals surface area contributed by atoms with E-state index in [1.165, 1.54) is 24.5 Å². The number of hydrogen-bond acceptors (Lipinski definition) is 16. The van der Waals surface area contributed by atoms with Gasteiger partial charge in [-0.25, -0.2) is 38.3 Å². The number of carbonyl (C=O) groups is 2. The van der Waals surface area contributed by atoms with Crippen LogP contribution in [0.25, 0.3) is 22.5 Å². The van der Waals surface area contributed by atoms with Gasteiger partial charge in [-0.1, -0.05) is 46.4 Å². The minimum Gasteiger partial charge on any atom is -0.467 e. The number of carbonyl (C=O) groups excluding carboxylic acids is 2. The van der Waals surface area contributed by atoms with Gasteiger partial charge in [0.25, 0.3) is 11.8 Å². The van der Waals surface area contributed by atoms with E-state index in [1.54, 1.807) is 26.2 Å². The molecule has 0 bridgehead atoms. The maximum Gasteiger partial charge on any atom is 0.443 e. The predicted octanol–water partition coefficient (Wildman–Crippen LogP) is 8.45. The van der Waals surface area contributed by atoms with E-state index in [1.807, 2.05) is 21.8 Å². The van der Waals surface area contributed by atoms with Gasteiger partial charge in [0.05, 0.1) is 58.3 Å². The van der Waals surface area contributed by atoms with E-state index in [2.05, 4.69) is 51.7 Å². The van der Waals surface area contributed by atoms with Gasteiger partial charge in [0.15, 0.2) is 0 Å². The Labute approximate surface area is 395 Å². The molecule has 2 saturated heterocycles. The fraction of sp³-hybridized carbons (Fsp3) is 0.333. The SMILES string of the molecule is C[C@@H](Oc1nc(-c2cnn(C3CCNCC3)c2)cnc1NOC(=O)C(=O)ONc1ncc(-c2cnn(C3CCNCC3)c2)nc1O[C@H](C)c1c(Cl)ccc(F)c1Cl)c1c(Cl)ccc(F)c1Cl. The van der Waals surface area contributed by atoms with Crippen LogP contribution in [0.1, 0.15) is 74.9 Å². The highest BCUT2D eigenvalue weighted by Gasteiger charge is 2.27. The van der Waals surface area contributed by atoms with Crippen LogP contribution in [0.3, 0.4) is 0 Å². The fourth-order valence-electron chi connectivity index (χ4n) is 7.37. The Morgan fingerprint density at radius 1 is 0.652 bits per heavy atom. The molecular weight excluding hydrogens is 948 g/mol. The molecule has 0 unspecified atom stereocenters. The molecule has 4 N–H and O–H groups in total. The van der Waals surface area contributed by atoms with Gasteiger partial charge in [-0.15, -0.1) is 0 Å². The van der Waals surface area contributed by atoms with E-state index in [0.717, 1.165) is 64.0 Å². The zero-order chi connectivity index (χ0) is 46.5. The summed E-state index contributed by atoms with van der Waals surface area (Å²) in [7, 11) is 0. The van der Waals surface area contributed by atoms with Crippen LogP contribution in [0.5, 0.6) is 11.8 Å². The Hall–Kier alpha value is -5.90. The second-order valence-electron chi connectivity index (χ2n) is 15.2. The molecule has 6 aromatic rings. The zero-order valence-electron chi connectivity index (χ0n) is 35.0. The van der Waals surface area contributed by atoms with Gasteiger partial charge in [0, 0.05) is 44.7 Å². The summed E-state index contributed by atoms with van der Waals surface area (Å²) in [5, 5.41) is 15.4. The van der Waals surface area contributed by atoms with Gasteiger partial charge in [-0.3, -0.25) is 9.36 Å². The lowest BCUT2D eigenvalue weighted by Crippen LogP contribution is -2.29. The number of aromatic nitrogens is 8. The van der Waals surface area contributed by atoms with Crippen molar-refractivity contribution in [2.45, 2.75) is 63.8 Å². The second-order valence-corrected chi connectivity index (χ2v) is 16.8. The van der Waals surface area contributed by atoms with E-state index in [9.17, 15) is 18.4 Å². The summed E-state index contributed by atoms with van der Waals surface area (Å²) in [6, 6.07) is 5.25. The number of hydrogen-bond donors (Lipinski definition) is 4. The van der Waals surface area contributed by atoms with Crippen LogP contribution >= 0.6 is 46.4 Å². The molecule has 0 spiro atoms. The van der Waals surface area contributed by atoms with E-state index >= 15 is 0 Å². The Morgan fingerprint density at radius 3 is 1.44 bits per heavy atom. The average molecular weight is 989 g/mol. The van der Waals surface area contributed by atoms with Crippen LogP contribution in [0, 0.1) is 11.6 Å². The van der Waals surface area contributed by atoms with Crippen molar-refractivity contribution in [2.24, 2.45) is 0 Å². The Kier molecular flexibility index (Phi) is 14.6. The predicted molar refractivity (Wildman–Crippen MR) is 239 cm³/mol. The molecule has 0 radical (unpaired) electrons. The first kappa shape index (κ1) is 46.6. The molecule has 24 heteroatoms. The normalized spacial score (nSPS) is 15.5. The average Bonchev–Trinajstić information content (AvgIpc) is 4.03. The highest BCUT2D eigenvalue weighted by Crippen LogP contribution is 2.38. The van der Waals surface area contributed by atoms with Gasteiger partial charge >= 0.3 is 11.9 Å². The standard InChI is InChI=1S/C42H40Cl4F2N12O6/c1-21(33-27(43)3-5-29(47)35(33)45)63-39-37(51-17-31(55-39)23-15-53-59(19-23)25-7-11-49-12-8-25)57-65-41(61)42(62)66-58-38-40(64-22(2)34-28(44)4-6-30(48)36(34)46)56-32(18-52-38)24-16-54-60(20-24)26-9-13-50-14-10-26/h3-6,15-22,25-26,49-50H,7-14H2,1-2H3,(H,51,57)(H,52,58)/t21-,22-/m1/s1. The third-order valence-electron chi connectivity index (χ3n) is 10.8. The summed E-state index contributed by atoms with van der Waals surface area (Å²) < 4.78 is 45.0. The van der Waals surface area contributed by atoms with Crippen molar-refractivity contribution in [3.05, 3.63) is 104 Å². The fourth-order valence-corrected chi connectivity index (χ4v) is 8.72. The van der Waals surface area contributed by atoms with Crippen LogP contribution in [-0.2, 0) is 19.3 Å². The number of ether oxygens (including phenoxy) is 2. The number of rotatable bonds is 14. The van der Waals surface area contributed by atoms with Crippen molar-refractivity contribution in [2.75, 3.05) is 37.1 Å². The summed E-state index contributed by atoms with van der Waals surface area (Å²) in [4.78, 5) is 54.1. The Morgan fingerprint density at radius 2 is 1.05 bits per heavy atom. The summed E-state index contributed by atoms with van der Waals surface area (Å²) in [6.07, 6.45) is 11.2. The summed E-state index contributed by atoms with van der Waals surface area (Å²) in [5.41, 5.74) is 6.65. The van der Waals surface area contributed by atoms with E-state index in [4.69, 9.17) is 65.6 Å². The molecule has 18 nitrogen and oxygen atoms in total. The van der Waals surface area contributed by atoms with E-state index in [-0.39, 0.29) is 66.7 Å². The lowest BCUT2D eigenvalue weighted by molar-refractivity contribution is -0.164. The molecule has 0 amide bonds. The number of nitrogens with zero attached hydrogens (tertiary/aromatic N) is 8. The van der Waals surface area contributed by atoms with Gasteiger partial charge < -0.3 is 29.8 Å². The molecule has 346 valence electrons. The van der Waals surface area contributed by atoms with Crippen molar-refractivity contribution in [1.82, 2.24) is 50.1 Å². The molecule has 6 heterocycles. The molecular formula is C42H40Cl4F2N12O6. The zero-order valence-corrected chi connectivity index (χ0v) is 38.1. The third-order valence-corrected chi connectivity index (χ3v) is 12.3. The number of benzene rings is 2. The smallest absolute Gasteiger partial charge is 0.443 e. The Balaban J connectivity index is 0.998. The molecule has 2 atom stereocenters.